The zero-order chi connectivity index (χ0) is 17.4. The first-order valence-corrected chi connectivity index (χ1v) is 8.37. The number of carboxylic acid groups (broad SMARTS) is 1. The zero-order valence-electron chi connectivity index (χ0n) is 13.5. The lowest BCUT2D eigenvalue weighted by Gasteiger charge is -2.23. The van der Waals surface area contributed by atoms with Crippen LogP contribution in [-0.4, -0.2) is 39.0 Å². The van der Waals surface area contributed by atoms with Crippen LogP contribution < -0.4 is 5.32 Å². The minimum atomic E-state index is -0.966. The lowest BCUT2D eigenvalue weighted by atomic mass is 9.78. The van der Waals surface area contributed by atoms with Gasteiger partial charge in [0.25, 0.3) is 0 Å². The molecule has 2 aliphatic rings. The summed E-state index contributed by atoms with van der Waals surface area (Å²) in [6, 6.07) is 9.88. The van der Waals surface area contributed by atoms with Crippen LogP contribution in [0, 0.1) is 11.8 Å². The molecule has 2 N–H and O–H groups in total. The van der Waals surface area contributed by atoms with Gasteiger partial charge in [-0.1, -0.05) is 30.3 Å². The van der Waals surface area contributed by atoms with E-state index in [9.17, 15) is 14.7 Å². The minimum Gasteiger partial charge on any atom is -0.481 e. The van der Waals surface area contributed by atoms with Crippen LogP contribution >= 0.6 is 0 Å². The van der Waals surface area contributed by atoms with Crippen LogP contribution in [0.4, 0.5) is 5.69 Å². The van der Waals surface area contributed by atoms with E-state index >= 15 is 0 Å². The third-order valence-corrected chi connectivity index (χ3v) is 4.95. The topological polar surface area (TPSA) is 93.4 Å². The summed E-state index contributed by atoms with van der Waals surface area (Å²) in [6.07, 6.45) is 4.11. The van der Waals surface area contributed by atoms with E-state index in [1.807, 2.05) is 30.3 Å². The van der Waals surface area contributed by atoms with Crippen LogP contribution in [0.2, 0.25) is 0 Å². The van der Waals surface area contributed by atoms with Crippen molar-refractivity contribution in [2.45, 2.75) is 31.6 Å². The van der Waals surface area contributed by atoms with Gasteiger partial charge < -0.3 is 15.2 Å². The molecule has 2 aliphatic heterocycles. The number of amides is 1. The zero-order valence-corrected chi connectivity index (χ0v) is 13.5. The number of hydrogen-bond acceptors (Lipinski definition) is 4. The molecular weight excluding hydrogens is 322 g/mol. The van der Waals surface area contributed by atoms with E-state index in [2.05, 4.69) is 10.4 Å². The number of anilines is 1. The number of aromatic nitrogens is 2. The Bertz CT molecular complexity index is 789. The summed E-state index contributed by atoms with van der Waals surface area (Å²) in [6.45, 7) is 0.603. The standard InChI is InChI=1S/C18H19N3O4/c22-17(15-13-6-7-14(25-13)16(15)18(23)24)20-12-8-19-21(10-12)9-11-4-2-1-3-5-11/h1-5,8,10,13-16H,6-7,9H2,(H,20,22)(H,23,24). The lowest BCUT2D eigenvalue weighted by molar-refractivity contribution is -0.147. The predicted molar refractivity (Wildman–Crippen MR) is 88.9 cm³/mol. The number of aliphatic carboxylic acids is 1. The van der Waals surface area contributed by atoms with Gasteiger partial charge in [-0.3, -0.25) is 14.3 Å². The summed E-state index contributed by atoms with van der Waals surface area (Å²) in [5.41, 5.74) is 1.67. The molecule has 0 aliphatic carbocycles. The molecule has 130 valence electrons. The number of rotatable bonds is 5. The van der Waals surface area contributed by atoms with Crippen LogP contribution in [0.3, 0.4) is 0 Å². The number of carboxylic acids is 1. The number of carbonyl (C=O) groups excluding carboxylic acids is 1. The van der Waals surface area contributed by atoms with Crippen molar-refractivity contribution in [1.82, 2.24) is 9.78 Å². The van der Waals surface area contributed by atoms with Gasteiger partial charge in [0, 0.05) is 6.20 Å². The second-order valence-electron chi connectivity index (χ2n) is 6.58. The molecule has 4 unspecified atom stereocenters. The Morgan fingerprint density at radius 2 is 1.92 bits per heavy atom. The van der Waals surface area contributed by atoms with Crippen LogP contribution in [-0.2, 0) is 20.9 Å². The maximum atomic E-state index is 12.6. The van der Waals surface area contributed by atoms with Crippen LogP contribution in [0.15, 0.2) is 42.7 Å². The predicted octanol–water partition coefficient (Wildman–Crippen LogP) is 1.75. The smallest absolute Gasteiger partial charge is 0.310 e. The molecule has 2 bridgehead atoms. The highest BCUT2D eigenvalue weighted by Gasteiger charge is 2.55. The van der Waals surface area contributed by atoms with Crippen molar-refractivity contribution in [3.8, 4) is 0 Å². The van der Waals surface area contributed by atoms with Gasteiger partial charge in [-0.05, 0) is 18.4 Å². The molecule has 0 radical (unpaired) electrons. The summed E-state index contributed by atoms with van der Waals surface area (Å²) in [4.78, 5) is 24.1. The first-order valence-electron chi connectivity index (χ1n) is 8.37. The highest BCUT2D eigenvalue weighted by Crippen LogP contribution is 2.44. The number of carbonyl (C=O) groups is 2. The van der Waals surface area contributed by atoms with Crippen molar-refractivity contribution in [2.24, 2.45) is 11.8 Å². The van der Waals surface area contributed by atoms with Crippen molar-refractivity contribution < 1.29 is 19.4 Å². The van der Waals surface area contributed by atoms with Gasteiger partial charge in [0.2, 0.25) is 5.91 Å². The molecule has 2 aromatic rings. The molecule has 1 aromatic carbocycles. The van der Waals surface area contributed by atoms with Gasteiger partial charge in [-0.25, -0.2) is 0 Å². The molecule has 2 saturated heterocycles. The molecule has 7 nitrogen and oxygen atoms in total. The van der Waals surface area contributed by atoms with Crippen molar-refractivity contribution in [3.63, 3.8) is 0 Å². The molecule has 0 saturated carbocycles. The van der Waals surface area contributed by atoms with Gasteiger partial charge in [0.05, 0.1) is 42.5 Å². The molecule has 1 aromatic heterocycles. The van der Waals surface area contributed by atoms with Crippen molar-refractivity contribution in [1.29, 1.82) is 0 Å². The lowest BCUT2D eigenvalue weighted by Crippen LogP contribution is -2.40. The summed E-state index contributed by atoms with van der Waals surface area (Å²) in [7, 11) is 0. The van der Waals surface area contributed by atoms with Crippen LogP contribution in [0.5, 0.6) is 0 Å². The summed E-state index contributed by atoms with van der Waals surface area (Å²) < 4.78 is 7.37. The molecule has 3 heterocycles. The summed E-state index contributed by atoms with van der Waals surface area (Å²) in [5.74, 6) is -2.68. The minimum absolute atomic E-state index is 0.300. The van der Waals surface area contributed by atoms with Gasteiger partial charge in [-0.15, -0.1) is 0 Å². The Labute approximate surface area is 144 Å². The maximum Gasteiger partial charge on any atom is 0.310 e. The number of nitrogens with one attached hydrogen (secondary N) is 1. The fraction of sp³-hybridized carbons (Fsp3) is 0.389. The van der Waals surface area contributed by atoms with E-state index in [-0.39, 0.29) is 18.1 Å². The Kier molecular flexibility index (Phi) is 4.01. The van der Waals surface area contributed by atoms with Gasteiger partial charge >= 0.3 is 5.97 Å². The fourth-order valence-corrected chi connectivity index (χ4v) is 3.84. The van der Waals surface area contributed by atoms with E-state index in [1.165, 1.54) is 0 Å². The largest absolute Gasteiger partial charge is 0.481 e. The highest BCUT2D eigenvalue weighted by molar-refractivity contribution is 5.96. The van der Waals surface area contributed by atoms with Crippen LogP contribution in [0.25, 0.3) is 0 Å². The highest BCUT2D eigenvalue weighted by atomic mass is 16.5. The molecule has 4 atom stereocenters. The number of benzene rings is 1. The second kappa shape index (κ2) is 6.33. The number of ether oxygens (including phenoxy) is 1. The maximum absolute atomic E-state index is 12.6. The fourth-order valence-electron chi connectivity index (χ4n) is 3.84. The second-order valence-corrected chi connectivity index (χ2v) is 6.58. The average molecular weight is 341 g/mol. The Morgan fingerprint density at radius 3 is 2.64 bits per heavy atom. The SMILES string of the molecule is O=C(O)C1C2CCC(O2)C1C(=O)Nc1cnn(Cc2ccccc2)c1. The Balaban J connectivity index is 1.44. The molecule has 1 amide bonds. The molecule has 4 rings (SSSR count). The monoisotopic (exact) mass is 341 g/mol. The van der Waals surface area contributed by atoms with E-state index in [0.717, 1.165) is 12.0 Å². The third-order valence-electron chi connectivity index (χ3n) is 4.95. The van der Waals surface area contributed by atoms with E-state index in [4.69, 9.17) is 4.74 Å². The quantitative estimate of drug-likeness (QED) is 0.864. The Hall–Kier alpha value is -2.67. The van der Waals surface area contributed by atoms with Gasteiger partial charge in [0.15, 0.2) is 0 Å². The molecule has 0 spiro atoms. The van der Waals surface area contributed by atoms with E-state index in [0.29, 0.717) is 18.7 Å². The molecule has 25 heavy (non-hydrogen) atoms. The summed E-state index contributed by atoms with van der Waals surface area (Å²) >= 11 is 0. The van der Waals surface area contributed by atoms with Crippen LogP contribution in [0.1, 0.15) is 18.4 Å². The van der Waals surface area contributed by atoms with E-state index < -0.39 is 17.8 Å². The summed E-state index contributed by atoms with van der Waals surface area (Å²) in [5, 5.41) is 16.5. The normalized spacial score (nSPS) is 27.4. The molecule has 7 heteroatoms. The third kappa shape index (κ3) is 3.02. The van der Waals surface area contributed by atoms with Gasteiger partial charge in [-0.2, -0.15) is 5.10 Å². The number of fused-ring (bicyclic) bond motifs is 2. The van der Waals surface area contributed by atoms with Crippen molar-refractivity contribution in [2.75, 3.05) is 5.32 Å². The number of nitrogens with zero attached hydrogens (tertiary/aromatic N) is 2. The first kappa shape index (κ1) is 15.8. The van der Waals surface area contributed by atoms with E-state index in [1.54, 1.807) is 17.1 Å². The molecule has 2 fully saturated rings. The number of hydrogen-bond donors (Lipinski definition) is 2. The first-order chi connectivity index (χ1) is 12.1. The Morgan fingerprint density at radius 1 is 1.20 bits per heavy atom. The van der Waals surface area contributed by atoms with Crippen molar-refractivity contribution in [3.05, 3.63) is 48.3 Å². The van der Waals surface area contributed by atoms with Gasteiger partial charge in [0.1, 0.15) is 0 Å². The average Bonchev–Trinajstić information content (AvgIpc) is 3.31. The molecular formula is C18H19N3O4. The van der Waals surface area contributed by atoms with Crippen molar-refractivity contribution >= 4 is 17.6 Å².